The summed E-state index contributed by atoms with van der Waals surface area (Å²) in [4.78, 5) is 15.4. The van der Waals surface area contributed by atoms with Gasteiger partial charge in [-0.05, 0) is 85.8 Å². The van der Waals surface area contributed by atoms with E-state index in [0.29, 0.717) is 30.4 Å². The van der Waals surface area contributed by atoms with Crippen LogP contribution in [0.4, 0.5) is 4.39 Å². The third-order valence-electron chi connectivity index (χ3n) is 7.52. The number of carbonyl (C=O) groups is 1. The lowest BCUT2D eigenvalue weighted by atomic mass is 9.84. The normalized spacial score (nSPS) is 18.1. The van der Waals surface area contributed by atoms with Crippen molar-refractivity contribution < 1.29 is 18.7 Å². The van der Waals surface area contributed by atoms with Crippen LogP contribution in [0.5, 0.6) is 11.5 Å². The maximum atomic E-state index is 15.7. The maximum Gasteiger partial charge on any atom is 0.197 e. The first-order chi connectivity index (χ1) is 16.6. The highest BCUT2D eigenvalue weighted by atomic mass is 19.1. The summed E-state index contributed by atoms with van der Waals surface area (Å²) in [5, 5.41) is 8.88. The maximum absolute atomic E-state index is 15.7. The molecule has 1 N–H and O–H groups in total. The molecule has 1 aliphatic heterocycles. The molecular weight excluding hydrogens is 443 g/mol. The molecule has 3 aliphatic rings. The zero-order valence-corrected chi connectivity index (χ0v) is 21.4. The molecule has 2 fully saturated rings. The number of hydrogen-bond acceptors (Lipinski definition) is 4. The van der Waals surface area contributed by atoms with Crippen LogP contribution in [-0.2, 0) is 11.0 Å². The van der Waals surface area contributed by atoms with Crippen LogP contribution in [0, 0.1) is 11.2 Å². The van der Waals surface area contributed by atoms with Crippen molar-refractivity contribution in [1.82, 2.24) is 4.90 Å². The predicted molar refractivity (Wildman–Crippen MR) is 135 cm³/mol. The number of nitrogens with zero attached hydrogens (tertiary/aromatic N) is 1. The van der Waals surface area contributed by atoms with Crippen LogP contribution in [-0.4, -0.2) is 36.3 Å². The van der Waals surface area contributed by atoms with E-state index in [1.54, 1.807) is 11.8 Å². The fourth-order valence-corrected chi connectivity index (χ4v) is 5.26. The highest BCUT2D eigenvalue weighted by Crippen LogP contribution is 2.59. The van der Waals surface area contributed by atoms with Gasteiger partial charge in [0.05, 0.1) is 30.9 Å². The van der Waals surface area contributed by atoms with Crippen molar-refractivity contribution in [1.29, 1.82) is 5.41 Å². The fraction of sp³-hybridized carbons (Fsp3) is 0.517. The lowest BCUT2D eigenvalue weighted by Gasteiger charge is -2.27. The average Bonchev–Trinajstić information content (AvgIpc) is 3.72. The molecule has 0 atom stereocenters. The first kappa shape index (κ1) is 23.8. The van der Waals surface area contributed by atoms with Crippen molar-refractivity contribution >= 4 is 11.6 Å². The van der Waals surface area contributed by atoms with Crippen molar-refractivity contribution in [2.45, 2.75) is 77.2 Å². The Hall–Kier alpha value is -2.89. The SMILES string of the molecule is CCOc1cc2c(c(F)c1OCC)C(=N)N(CC(=O)c1cc(C3CC3)cc(C(C)(C)C)c1)C21CC1. The number of ketones is 1. The zero-order valence-electron chi connectivity index (χ0n) is 21.4. The predicted octanol–water partition coefficient (Wildman–Crippen LogP) is 6.31. The fourth-order valence-electron chi connectivity index (χ4n) is 5.26. The quantitative estimate of drug-likeness (QED) is 0.452. The minimum atomic E-state index is -0.565. The Kier molecular flexibility index (Phi) is 5.69. The third-order valence-corrected chi connectivity index (χ3v) is 7.52. The van der Waals surface area contributed by atoms with Gasteiger partial charge in [0.15, 0.2) is 23.1 Å². The summed E-state index contributed by atoms with van der Waals surface area (Å²) in [5.41, 5.74) is 3.47. The monoisotopic (exact) mass is 478 g/mol. The second kappa shape index (κ2) is 8.35. The van der Waals surface area contributed by atoms with Crippen LogP contribution in [0.25, 0.3) is 0 Å². The molecule has 2 saturated carbocycles. The van der Waals surface area contributed by atoms with E-state index in [1.807, 2.05) is 25.1 Å². The van der Waals surface area contributed by atoms with E-state index in [0.717, 1.165) is 24.0 Å². The number of benzene rings is 2. The molecule has 2 aromatic rings. The Morgan fingerprint density at radius 3 is 2.37 bits per heavy atom. The molecule has 0 bridgehead atoms. The number of rotatable bonds is 8. The Morgan fingerprint density at radius 2 is 1.80 bits per heavy atom. The largest absolute Gasteiger partial charge is 0.490 e. The molecule has 0 saturated heterocycles. The number of fused-ring (bicyclic) bond motifs is 2. The molecule has 5 rings (SSSR count). The summed E-state index contributed by atoms with van der Waals surface area (Å²) < 4.78 is 27.0. The Balaban J connectivity index is 1.50. The van der Waals surface area contributed by atoms with Crippen LogP contribution < -0.4 is 9.47 Å². The van der Waals surface area contributed by atoms with Gasteiger partial charge in [-0.3, -0.25) is 10.2 Å². The second-order valence-electron chi connectivity index (χ2n) is 11.1. The van der Waals surface area contributed by atoms with E-state index >= 15 is 4.39 Å². The second-order valence-corrected chi connectivity index (χ2v) is 11.1. The van der Waals surface area contributed by atoms with Gasteiger partial charge in [0.1, 0.15) is 5.84 Å². The molecule has 0 radical (unpaired) electrons. The molecule has 0 unspecified atom stereocenters. The van der Waals surface area contributed by atoms with Gasteiger partial charge in [-0.25, -0.2) is 4.39 Å². The van der Waals surface area contributed by atoms with Crippen LogP contribution in [0.15, 0.2) is 24.3 Å². The number of amidine groups is 1. The summed E-state index contributed by atoms with van der Waals surface area (Å²) in [6.45, 7) is 10.9. The molecule has 0 aromatic heterocycles. The third kappa shape index (κ3) is 4.01. The van der Waals surface area contributed by atoms with Gasteiger partial charge in [-0.2, -0.15) is 0 Å². The van der Waals surface area contributed by atoms with Gasteiger partial charge in [0.25, 0.3) is 0 Å². The molecule has 2 aliphatic carbocycles. The smallest absolute Gasteiger partial charge is 0.197 e. The molecule has 6 heteroatoms. The summed E-state index contributed by atoms with van der Waals surface area (Å²) >= 11 is 0. The Bertz CT molecular complexity index is 1210. The summed E-state index contributed by atoms with van der Waals surface area (Å²) in [7, 11) is 0. The van der Waals surface area contributed by atoms with E-state index < -0.39 is 11.4 Å². The van der Waals surface area contributed by atoms with Gasteiger partial charge in [0, 0.05) is 5.56 Å². The molecule has 35 heavy (non-hydrogen) atoms. The molecule has 186 valence electrons. The van der Waals surface area contributed by atoms with Gasteiger partial charge in [-0.1, -0.05) is 26.8 Å². The average molecular weight is 479 g/mol. The van der Waals surface area contributed by atoms with E-state index in [1.165, 1.54) is 18.4 Å². The van der Waals surface area contributed by atoms with E-state index in [9.17, 15) is 4.79 Å². The highest BCUT2D eigenvalue weighted by molar-refractivity contribution is 6.07. The lowest BCUT2D eigenvalue weighted by molar-refractivity contribution is 0.0943. The van der Waals surface area contributed by atoms with Crippen molar-refractivity contribution in [3.05, 3.63) is 57.9 Å². The minimum absolute atomic E-state index is 0.0303. The van der Waals surface area contributed by atoms with E-state index in [4.69, 9.17) is 14.9 Å². The van der Waals surface area contributed by atoms with Crippen LogP contribution in [0.1, 0.15) is 98.8 Å². The number of carbonyl (C=O) groups excluding carboxylic acids is 1. The number of hydrogen-bond donors (Lipinski definition) is 1. The van der Waals surface area contributed by atoms with Gasteiger partial charge in [-0.15, -0.1) is 0 Å². The summed E-state index contributed by atoms with van der Waals surface area (Å²) in [6.07, 6.45) is 3.90. The number of ether oxygens (including phenoxy) is 2. The molecule has 2 aromatic carbocycles. The van der Waals surface area contributed by atoms with Gasteiger partial charge < -0.3 is 14.4 Å². The summed E-state index contributed by atoms with van der Waals surface area (Å²) in [6, 6.07) is 8.10. The minimum Gasteiger partial charge on any atom is -0.490 e. The number of Topliss-reactive ketones (excluding diaryl/α,β-unsaturated/α-hetero) is 1. The highest BCUT2D eigenvalue weighted by Gasteiger charge is 2.58. The van der Waals surface area contributed by atoms with Crippen molar-refractivity contribution in [2.24, 2.45) is 0 Å². The van der Waals surface area contributed by atoms with Gasteiger partial charge >= 0.3 is 0 Å². The van der Waals surface area contributed by atoms with Crippen LogP contribution >= 0.6 is 0 Å². The Morgan fingerprint density at radius 1 is 1.11 bits per heavy atom. The number of nitrogens with one attached hydrogen (secondary N) is 1. The standard InChI is InChI=1S/C29H35FN2O3/c1-6-34-23-15-21-24(25(30)26(23)35-7-2)27(31)32(29(21)10-11-29)16-22(33)19-12-18(17-8-9-17)13-20(14-19)28(3,4)5/h12-15,17,31H,6-11,16H2,1-5H3. The first-order valence-electron chi connectivity index (χ1n) is 12.8. The summed E-state index contributed by atoms with van der Waals surface area (Å²) in [5.74, 6) is 0.415. The zero-order chi connectivity index (χ0) is 25.1. The van der Waals surface area contributed by atoms with E-state index in [-0.39, 0.29) is 34.9 Å². The Labute approximate surface area is 207 Å². The molecular formula is C29H35FN2O3. The molecule has 0 amide bonds. The van der Waals surface area contributed by atoms with Gasteiger partial charge in [0.2, 0.25) is 0 Å². The lowest BCUT2D eigenvalue weighted by Crippen LogP contribution is -2.38. The van der Waals surface area contributed by atoms with Crippen molar-refractivity contribution in [3.63, 3.8) is 0 Å². The topological polar surface area (TPSA) is 62.6 Å². The molecule has 1 spiro atoms. The molecule has 1 heterocycles. The van der Waals surface area contributed by atoms with E-state index in [2.05, 4.69) is 26.8 Å². The number of halogens is 1. The van der Waals surface area contributed by atoms with Crippen molar-refractivity contribution in [3.8, 4) is 11.5 Å². The molecule has 5 nitrogen and oxygen atoms in total. The first-order valence-corrected chi connectivity index (χ1v) is 12.8. The van der Waals surface area contributed by atoms with Crippen molar-refractivity contribution in [2.75, 3.05) is 19.8 Å². The van der Waals surface area contributed by atoms with Crippen LogP contribution in [0.3, 0.4) is 0 Å². The van der Waals surface area contributed by atoms with Crippen LogP contribution in [0.2, 0.25) is 0 Å².